The van der Waals surface area contributed by atoms with Crippen LogP contribution in [0.5, 0.6) is 0 Å². The maximum absolute atomic E-state index is 13.4. The Balaban J connectivity index is 1.74. The Morgan fingerprint density at radius 2 is 1.26 bits per heavy atom. The number of benzene rings is 3. The van der Waals surface area contributed by atoms with Gasteiger partial charge in [-0.1, -0.05) is 30.3 Å². The van der Waals surface area contributed by atoms with Gasteiger partial charge in [-0.2, -0.15) is 26.3 Å². The molecule has 1 heterocycles. The fourth-order valence-electron chi connectivity index (χ4n) is 3.80. The van der Waals surface area contributed by atoms with E-state index in [1.807, 2.05) is 48.5 Å². The monoisotopic (exact) mass is 495 g/mol. The Morgan fingerprint density at radius 1 is 0.794 bits per heavy atom. The van der Waals surface area contributed by atoms with E-state index in [0.717, 1.165) is 25.1 Å². The molecule has 0 N–H and O–H groups in total. The number of carbonyl (C=O) groups is 1. The van der Waals surface area contributed by atoms with Gasteiger partial charge in [0.25, 0.3) is 0 Å². The summed E-state index contributed by atoms with van der Waals surface area (Å²) in [5, 5.41) is 2.10. The maximum Gasteiger partial charge on any atom is 0.437 e. The van der Waals surface area contributed by atoms with Crippen LogP contribution >= 0.6 is 10.5 Å². The van der Waals surface area contributed by atoms with Gasteiger partial charge < -0.3 is 4.74 Å². The summed E-state index contributed by atoms with van der Waals surface area (Å²) in [5.74, 6) is -1.72. The molecule has 0 aliphatic rings. The van der Waals surface area contributed by atoms with E-state index < -0.39 is 46.4 Å². The number of esters is 1. The highest BCUT2D eigenvalue weighted by Crippen LogP contribution is 2.50. The fraction of sp³-hybridized carbons (Fsp3) is 0.160. The van der Waals surface area contributed by atoms with Gasteiger partial charge in [0.15, 0.2) is 14.3 Å². The highest BCUT2D eigenvalue weighted by molar-refractivity contribution is 7.50. The molecule has 0 aliphatic carbocycles. The second kappa shape index (κ2) is 8.47. The zero-order valence-corrected chi connectivity index (χ0v) is 18.2. The number of hydrogen-bond donors (Lipinski definition) is 0. The molecular weight excluding hydrogens is 478 g/mol. The summed E-state index contributed by atoms with van der Waals surface area (Å²) >= 11 is 0. The number of hydrogen-bond acceptors (Lipinski definition) is 2. The topological polar surface area (TPSA) is 26.3 Å². The van der Waals surface area contributed by atoms with Gasteiger partial charge in [-0.25, -0.2) is 4.79 Å². The molecule has 2 nitrogen and oxygen atoms in total. The molecule has 4 aromatic rings. The van der Waals surface area contributed by atoms with Crippen LogP contribution in [-0.2, 0) is 4.74 Å². The smallest absolute Gasteiger partial charge is 0.435 e. The number of rotatable bonds is 5. The molecule has 0 saturated carbocycles. The number of carbonyl (C=O) groups excluding carboxylic acids is 1. The lowest BCUT2D eigenvalue weighted by molar-refractivity contribution is -0.363. The van der Waals surface area contributed by atoms with Gasteiger partial charge in [0.05, 0.1) is 5.56 Å². The lowest BCUT2D eigenvalue weighted by Gasteiger charge is -2.35. The van der Waals surface area contributed by atoms with Crippen LogP contribution in [0.15, 0.2) is 85.5 Å². The lowest BCUT2D eigenvalue weighted by atomic mass is 9.97. The van der Waals surface area contributed by atoms with Crippen molar-refractivity contribution in [3.8, 4) is 4.90 Å². The maximum atomic E-state index is 13.4. The van der Waals surface area contributed by atoms with Crippen LogP contribution in [0.3, 0.4) is 0 Å². The molecule has 34 heavy (non-hydrogen) atoms. The molecular formula is C25H17F6O2S+. The van der Waals surface area contributed by atoms with E-state index in [0.29, 0.717) is 6.08 Å². The van der Waals surface area contributed by atoms with Crippen molar-refractivity contribution in [1.29, 1.82) is 0 Å². The second-order valence-electron chi connectivity index (χ2n) is 7.53. The highest BCUT2D eigenvalue weighted by atomic mass is 32.2. The van der Waals surface area contributed by atoms with E-state index in [1.165, 1.54) is 24.3 Å². The first-order chi connectivity index (χ1) is 16.0. The van der Waals surface area contributed by atoms with Gasteiger partial charge in [0.1, 0.15) is 0 Å². The van der Waals surface area contributed by atoms with E-state index in [4.69, 9.17) is 0 Å². The molecule has 0 saturated heterocycles. The summed E-state index contributed by atoms with van der Waals surface area (Å²) in [6.45, 7) is 2.95. The molecule has 0 aliphatic heterocycles. The standard InChI is InChI=1S/C25H17F6O2S/c1-2-15-23(24(26,27)28,25(29,30)31)33-22(32)16-11-13-17(14-12-16)34-20-9-5-3-7-18(20)19-8-4-6-10-21(19)34/h2-14H,1,15H2/q+1. The number of thiophene rings is 1. The Labute approximate surface area is 193 Å². The van der Waals surface area contributed by atoms with Gasteiger partial charge in [-0.05, 0) is 48.5 Å². The number of fused-ring (bicyclic) bond motifs is 3. The van der Waals surface area contributed by atoms with Crippen molar-refractivity contribution >= 4 is 36.6 Å². The lowest BCUT2D eigenvalue weighted by Crippen LogP contribution is -2.59. The Kier molecular flexibility index (Phi) is 5.93. The third-order valence-electron chi connectivity index (χ3n) is 5.44. The minimum Gasteiger partial charge on any atom is -0.435 e. The Bertz CT molecular complexity index is 1300. The number of alkyl halides is 6. The van der Waals surface area contributed by atoms with Crippen molar-refractivity contribution in [1.82, 2.24) is 0 Å². The summed E-state index contributed by atoms with van der Waals surface area (Å²) in [4.78, 5) is 13.2. The zero-order chi connectivity index (χ0) is 24.7. The zero-order valence-electron chi connectivity index (χ0n) is 17.4. The van der Waals surface area contributed by atoms with Crippen molar-refractivity contribution in [2.75, 3.05) is 0 Å². The molecule has 0 radical (unpaired) electrons. The number of ether oxygens (including phenoxy) is 1. The van der Waals surface area contributed by atoms with Crippen LogP contribution in [0.4, 0.5) is 26.3 Å². The van der Waals surface area contributed by atoms with Crippen LogP contribution in [0.1, 0.15) is 16.8 Å². The van der Waals surface area contributed by atoms with Crippen molar-refractivity contribution in [2.24, 2.45) is 0 Å². The largest absolute Gasteiger partial charge is 0.437 e. The van der Waals surface area contributed by atoms with Crippen LogP contribution in [0.25, 0.3) is 25.1 Å². The van der Waals surface area contributed by atoms with Crippen molar-refractivity contribution in [2.45, 2.75) is 24.4 Å². The second-order valence-corrected chi connectivity index (χ2v) is 9.49. The molecule has 0 amide bonds. The van der Waals surface area contributed by atoms with E-state index in [2.05, 4.69) is 11.3 Å². The third kappa shape index (κ3) is 3.83. The van der Waals surface area contributed by atoms with Gasteiger partial charge in [0, 0.05) is 27.7 Å². The van der Waals surface area contributed by atoms with Crippen molar-refractivity contribution < 1.29 is 35.9 Å². The summed E-state index contributed by atoms with van der Waals surface area (Å²) in [6.07, 6.45) is -13.0. The summed E-state index contributed by atoms with van der Waals surface area (Å²) in [6, 6.07) is 20.9. The third-order valence-corrected chi connectivity index (χ3v) is 7.78. The molecule has 3 aromatic carbocycles. The quantitative estimate of drug-likeness (QED) is 0.120. The normalized spacial score (nSPS) is 12.8. The molecule has 0 atom stereocenters. The minimum atomic E-state index is -5.88. The summed E-state index contributed by atoms with van der Waals surface area (Å²) < 4.78 is 86.8. The Morgan fingerprint density at radius 3 is 1.71 bits per heavy atom. The molecule has 0 unspecified atom stereocenters. The van der Waals surface area contributed by atoms with E-state index in [1.54, 1.807) is 0 Å². The SMILES string of the molecule is C=CCC(OC(=O)c1ccc(-[s+]2c3ccccc3c3ccccc32)cc1)(C(F)(F)F)C(F)(F)F. The van der Waals surface area contributed by atoms with Crippen LogP contribution in [-0.4, -0.2) is 23.9 Å². The molecule has 4 rings (SSSR count). The predicted octanol–water partition coefficient (Wildman–Crippen LogP) is 8.33. The van der Waals surface area contributed by atoms with E-state index in [9.17, 15) is 31.1 Å². The first-order valence-electron chi connectivity index (χ1n) is 10.0. The highest BCUT2D eigenvalue weighted by Gasteiger charge is 2.73. The molecule has 176 valence electrons. The van der Waals surface area contributed by atoms with Gasteiger partial charge in [0.2, 0.25) is 0 Å². The van der Waals surface area contributed by atoms with Crippen LogP contribution < -0.4 is 0 Å². The molecule has 0 fully saturated rings. The Hall–Kier alpha value is -3.33. The van der Waals surface area contributed by atoms with E-state index >= 15 is 0 Å². The van der Waals surface area contributed by atoms with E-state index in [-0.39, 0.29) is 0 Å². The first kappa shape index (κ1) is 23.8. The summed E-state index contributed by atoms with van der Waals surface area (Å²) in [5.41, 5.74) is -5.10. The molecule has 1 aromatic heterocycles. The summed E-state index contributed by atoms with van der Waals surface area (Å²) in [7, 11) is -0.538. The van der Waals surface area contributed by atoms with Gasteiger partial charge in [-0.3, -0.25) is 0 Å². The van der Waals surface area contributed by atoms with Crippen molar-refractivity contribution in [3.63, 3.8) is 0 Å². The predicted molar refractivity (Wildman–Crippen MR) is 120 cm³/mol. The van der Waals surface area contributed by atoms with Crippen LogP contribution in [0, 0.1) is 0 Å². The molecule has 0 spiro atoms. The minimum absolute atomic E-state index is 0.421. The van der Waals surface area contributed by atoms with Gasteiger partial charge in [-0.15, -0.1) is 6.58 Å². The fourth-order valence-corrected chi connectivity index (χ4v) is 6.18. The first-order valence-corrected chi connectivity index (χ1v) is 11.2. The average Bonchev–Trinajstić information content (AvgIpc) is 3.12. The van der Waals surface area contributed by atoms with Crippen LogP contribution in [0.2, 0.25) is 0 Å². The van der Waals surface area contributed by atoms with Gasteiger partial charge >= 0.3 is 23.9 Å². The average molecular weight is 495 g/mol. The molecule has 9 heteroatoms. The molecule has 0 bridgehead atoms. The number of halogens is 6. The van der Waals surface area contributed by atoms with Crippen molar-refractivity contribution in [3.05, 3.63) is 91.0 Å².